The van der Waals surface area contributed by atoms with E-state index >= 15 is 0 Å². The molecule has 0 aromatic heterocycles. The topological polar surface area (TPSA) is 23.5 Å². The van der Waals surface area contributed by atoms with Gasteiger partial charge in [-0.2, -0.15) is 0 Å². The second-order valence-electron chi connectivity index (χ2n) is 5.73. The molecule has 1 heterocycles. The molecule has 1 aliphatic heterocycles. The summed E-state index contributed by atoms with van der Waals surface area (Å²) in [6, 6.07) is 0.403. The maximum atomic E-state index is 10.4. The molecule has 0 radical (unpaired) electrons. The second kappa shape index (κ2) is 4.95. The van der Waals surface area contributed by atoms with E-state index in [9.17, 15) is 5.11 Å². The zero-order valence-electron chi connectivity index (χ0n) is 10.6. The van der Waals surface area contributed by atoms with Crippen LogP contribution in [-0.4, -0.2) is 35.2 Å². The number of nitrogens with zero attached hydrogens (tertiary/aromatic N) is 1. The molecule has 0 bridgehead atoms. The van der Waals surface area contributed by atoms with E-state index in [2.05, 4.69) is 17.1 Å². The first-order chi connectivity index (χ1) is 8.34. The predicted molar refractivity (Wildman–Crippen MR) is 69.9 cm³/mol. The van der Waals surface area contributed by atoms with Crippen molar-refractivity contribution in [2.24, 2.45) is 0 Å². The van der Waals surface area contributed by atoms with Gasteiger partial charge in [0.25, 0.3) is 0 Å². The molecular weight excluding hydrogens is 210 g/mol. The third kappa shape index (κ3) is 2.34. The van der Waals surface area contributed by atoms with Gasteiger partial charge in [0, 0.05) is 6.04 Å². The largest absolute Gasteiger partial charge is 0.391 e. The van der Waals surface area contributed by atoms with Gasteiger partial charge >= 0.3 is 0 Å². The van der Waals surface area contributed by atoms with Gasteiger partial charge in [0.05, 0.1) is 6.10 Å². The van der Waals surface area contributed by atoms with Crippen molar-refractivity contribution in [2.45, 2.75) is 57.1 Å². The van der Waals surface area contributed by atoms with Crippen LogP contribution in [0.15, 0.2) is 23.3 Å². The van der Waals surface area contributed by atoms with Crippen LogP contribution in [0.25, 0.3) is 0 Å². The van der Waals surface area contributed by atoms with Gasteiger partial charge < -0.3 is 5.11 Å². The van der Waals surface area contributed by atoms with Gasteiger partial charge in [0.1, 0.15) is 0 Å². The first-order valence-corrected chi connectivity index (χ1v) is 7.11. The van der Waals surface area contributed by atoms with Gasteiger partial charge in [-0.1, -0.05) is 29.7 Å². The number of hydrogen-bond acceptors (Lipinski definition) is 2. The molecule has 0 amide bonds. The molecule has 0 unspecified atom stereocenters. The molecule has 1 fully saturated rings. The average molecular weight is 233 g/mol. The lowest BCUT2D eigenvalue weighted by Gasteiger charge is -2.41. The summed E-state index contributed by atoms with van der Waals surface area (Å²) in [5, 5.41) is 10.4. The Hall–Kier alpha value is -0.600. The van der Waals surface area contributed by atoms with Crippen molar-refractivity contribution in [1.29, 1.82) is 0 Å². The molecule has 94 valence electrons. The van der Waals surface area contributed by atoms with E-state index < -0.39 is 0 Å². The molecule has 2 nitrogen and oxygen atoms in total. The van der Waals surface area contributed by atoms with Crippen molar-refractivity contribution in [2.75, 3.05) is 13.1 Å². The van der Waals surface area contributed by atoms with Gasteiger partial charge in [-0.05, 0) is 51.6 Å². The molecule has 3 rings (SSSR count). The zero-order valence-corrected chi connectivity index (χ0v) is 10.6. The molecule has 3 aliphatic rings. The van der Waals surface area contributed by atoms with Crippen molar-refractivity contribution >= 4 is 0 Å². The number of allylic oxidation sites excluding steroid dienone is 2. The average Bonchev–Trinajstić information content (AvgIpc) is 2.39. The summed E-state index contributed by atoms with van der Waals surface area (Å²) < 4.78 is 0. The van der Waals surface area contributed by atoms with Gasteiger partial charge in [0.2, 0.25) is 0 Å². The molecule has 17 heavy (non-hydrogen) atoms. The lowest BCUT2D eigenvalue weighted by Crippen LogP contribution is -2.48. The van der Waals surface area contributed by atoms with Gasteiger partial charge in [-0.25, -0.2) is 0 Å². The Labute approximate surface area is 104 Å². The molecular formula is C15H23NO. The second-order valence-corrected chi connectivity index (χ2v) is 5.73. The van der Waals surface area contributed by atoms with Crippen LogP contribution < -0.4 is 0 Å². The summed E-state index contributed by atoms with van der Waals surface area (Å²) in [5.41, 5.74) is 3.14. The number of likely N-dealkylation sites (tertiary alicyclic amines) is 1. The first-order valence-electron chi connectivity index (χ1n) is 7.11. The van der Waals surface area contributed by atoms with Crippen LogP contribution in [0.3, 0.4) is 0 Å². The lowest BCUT2D eigenvalue weighted by atomic mass is 9.80. The number of rotatable bonds is 1. The standard InChI is InChI=1S/C15H23NO/c17-15-11-13-7-3-2-6-12(13)10-14(15)16-8-4-1-5-9-16/h2-3,14-15,17H,1,4-11H2/t14-,15+/m0/s1. The Bertz CT molecular complexity index is 339. The highest BCUT2D eigenvalue weighted by Gasteiger charge is 2.33. The third-order valence-electron chi connectivity index (χ3n) is 4.61. The monoisotopic (exact) mass is 233 g/mol. The molecule has 1 saturated heterocycles. The molecule has 0 saturated carbocycles. The minimum atomic E-state index is -0.127. The third-order valence-corrected chi connectivity index (χ3v) is 4.61. The fraction of sp³-hybridized carbons (Fsp3) is 0.733. The highest BCUT2D eigenvalue weighted by molar-refractivity contribution is 5.28. The quantitative estimate of drug-likeness (QED) is 0.704. The SMILES string of the molecule is O[C@@H]1CC2=C(CC=CC2)C[C@@H]1N1CCCCC1. The molecule has 0 spiro atoms. The number of aliphatic hydroxyl groups is 1. The Balaban J connectivity index is 1.72. The number of piperidine rings is 1. The normalized spacial score (nSPS) is 34.9. The highest BCUT2D eigenvalue weighted by Crippen LogP contribution is 2.35. The highest BCUT2D eigenvalue weighted by atomic mass is 16.3. The smallest absolute Gasteiger partial charge is 0.0735 e. The Kier molecular flexibility index (Phi) is 3.34. The molecule has 1 N–H and O–H groups in total. The van der Waals surface area contributed by atoms with Crippen molar-refractivity contribution in [3.63, 3.8) is 0 Å². The summed E-state index contributed by atoms with van der Waals surface area (Å²) in [4.78, 5) is 2.54. The molecule has 2 aliphatic carbocycles. The van der Waals surface area contributed by atoms with Crippen LogP contribution in [0.1, 0.15) is 44.9 Å². The van der Waals surface area contributed by atoms with Crippen LogP contribution in [0.5, 0.6) is 0 Å². The maximum Gasteiger partial charge on any atom is 0.0735 e. The van der Waals surface area contributed by atoms with E-state index in [4.69, 9.17) is 0 Å². The van der Waals surface area contributed by atoms with Crippen molar-refractivity contribution in [3.8, 4) is 0 Å². The van der Waals surface area contributed by atoms with Crippen LogP contribution in [0.2, 0.25) is 0 Å². The summed E-state index contributed by atoms with van der Waals surface area (Å²) in [7, 11) is 0. The Morgan fingerprint density at radius 1 is 0.941 bits per heavy atom. The first kappa shape index (κ1) is 11.5. The molecule has 2 atom stereocenters. The van der Waals surface area contributed by atoms with E-state index in [0.29, 0.717) is 6.04 Å². The Morgan fingerprint density at radius 3 is 2.29 bits per heavy atom. The van der Waals surface area contributed by atoms with Crippen molar-refractivity contribution < 1.29 is 5.11 Å². The van der Waals surface area contributed by atoms with Gasteiger partial charge in [-0.3, -0.25) is 4.90 Å². The van der Waals surface area contributed by atoms with Crippen LogP contribution >= 0.6 is 0 Å². The van der Waals surface area contributed by atoms with Crippen molar-refractivity contribution in [1.82, 2.24) is 4.90 Å². The molecule has 0 aromatic rings. The molecule has 0 aromatic carbocycles. The Morgan fingerprint density at radius 2 is 1.59 bits per heavy atom. The van der Waals surface area contributed by atoms with E-state index in [1.807, 2.05) is 0 Å². The predicted octanol–water partition coefficient (Wildman–Crippen LogP) is 2.64. The van der Waals surface area contributed by atoms with E-state index in [0.717, 1.165) is 25.7 Å². The summed E-state index contributed by atoms with van der Waals surface area (Å²) in [6.07, 6.45) is 12.7. The summed E-state index contributed by atoms with van der Waals surface area (Å²) in [5.74, 6) is 0. The molecule has 2 heteroatoms. The minimum absolute atomic E-state index is 0.127. The van der Waals surface area contributed by atoms with Crippen molar-refractivity contribution in [3.05, 3.63) is 23.3 Å². The summed E-state index contributed by atoms with van der Waals surface area (Å²) >= 11 is 0. The van der Waals surface area contributed by atoms with E-state index in [-0.39, 0.29) is 6.10 Å². The fourth-order valence-corrected chi connectivity index (χ4v) is 3.59. The lowest BCUT2D eigenvalue weighted by molar-refractivity contribution is 0.0318. The zero-order chi connectivity index (χ0) is 11.7. The number of hydrogen-bond donors (Lipinski definition) is 1. The van der Waals surface area contributed by atoms with E-state index in [1.54, 1.807) is 5.57 Å². The van der Waals surface area contributed by atoms with Gasteiger partial charge in [0.15, 0.2) is 0 Å². The fourth-order valence-electron chi connectivity index (χ4n) is 3.59. The number of aliphatic hydroxyl groups excluding tert-OH is 1. The van der Waals surface area contributed by atoms with Crippen LogP contribution in [0.4, 0.5) is 0 Å². The van der Waals surface area contributed by atoms with E-state index in [1.165, 1.54) is 37.9 Å². The van der Waals surface area contributed by atoms with Gasteiger partial charge in [-0.15, -0.1) is 0 Å². The van der Waals surface area contributed by atoms with Crippen LogP contribution in [0, 0.1) is 0 Å². The maximum absolute atomic E-state index is 10.4. The summed E-state index contributed by atoms with van der Waals surface area (Å²) in [6.45, 7) is 2.39. The minimum Gasteiger partial charge on any atom is -0.391 e. The van der Waals surface area contributed by atoms with Crippen LogP contribution in [-0.2, 0) is 0 Å².